The van der Waals surface area contributed by atoms with E-state index in [1.54, 1.807) is 0 Å². The number of rotatable bonds is 9. The van der Waals surface area contributed by atoms with Gasteiger partial charge < -0.3 is 0 Å². The molecule has 0 saturated heterocycles. The lowest BCUT2D eigenvalue weighted by Gasteiger charge is -2.26. The average molecular weight is 741 g/mol. The van der Waals surface area contributed by atoms with Crippen LogP contribution < -0.4 is 0 Å². The van der Waals surface area contributed by atoms with Gasteiger partial charge in [-0.15, -0.1) is 12.6 Å². The third-order valence-electron chi connectivity index (χ3n) is 10.1. The van der Waals surface area contributed by atoms with Gasteiger partial charge in [-0.2, -0.15) is 25.3 Å². The molecule has 0 atom stereocenters. The van der Waals surface area contributed by atoms with E-state index in [0.717, 1.165) is 29.2 Å². The summed E-state index contributed by atoms with van der Waals surface area (Å²) in [5.41, 5.74) is 14.6. The second-order valence-electron chi connectivity index (χ2n) is 14.5. The molecule has 0 aliphatic heterocycles. The molecule has 0 radical (unpaired) electrons. The molecule has 52 heavy (non-hydrogen) atoms. The predicted molar refractivity (Wildman–Crippen MR) is 238 cm³/mol. The third kappa shape index (κ3) is 11.2. The van der Waals surface area contributed by atoms with Crippen LogP contribution in [0.4, 0.5) is 0 Å². The van der Waals surface area contributed by atoms with Crippen LogP contribution in [0.25, 0.3) is 11.1 Å². The molecule has 0 spiro atoms. The molecule has 0 heterocycles. The van der Waals surface area contributed by atoms with Crippen LogP contribution in [0, 0.1) is 6.92 Å². The molecule has 0 amide bonds. The number of benzene rings is 6. The van der Waals surface area contributed by atoms with Gasteiger partial charge in [0.1, 0.15) is 0 Å². The Hall–Kier alpha value is -3.63. The van der Waals surface area contributed by atoms with Crippen molar-refractivity contribution in [3.8, 4) is 11.1 Å². The summed E-state index contributed by atoms with van der Waals surface area (Å²) in [5.74, 6) is 1.60. The molecule has 0 aliphatic rings. The van der Waals surface area contributed by atoms with E-state index in [4.69, 9.17) is 0 Å². The van der Waals surface area contributed by atoms with E-state index in [1.807, 2.05) is 12.1 Å². The van der Waals surface area contributed by atoms with Gasteiger partial charge in [0.05, 0.1) is 0 Å². The lowest BCUT2D eigenvalue weighted by Crippen LogP contribution is -2.18. The molecule has 0 saturated carbocycles. The van der Waals surface area contributed by atoms with Crippen LogP contribution in [-0.2, 0) is 35.2 Å². The topological polar surface area (TPSA) is 0 Å². The minimum atomic E-state index is 0.0369. The molecule has 0 unspecified atom stereocenters. The smallest absolute Gasteiger partial charge is 0.0154 e. The second-order valence-corrected chi connectivity index (χ2v) is 15.6. The zero-order valence-corrected chi connectivity index (χ0v) is 34.7. The highest BCUT2D eigenvalue weighted by Crippen LogP contribution is 2.33. The fourth-order valence-corrected chi connectivity index (χ4v) is 6.67. The summed E-state index contributed by atoms with van der Waals surface area (Å²) in [6.45, 7) is 15.6. The van der Waals surface area contributed by atoms with Crippen LogP contribution in [0.3, 0.4) is 0 Å². The lowest BCUT2D eigenvalue weighted by atomic mass is 9.78. The Kier molecular flexibility index (Phi) is 15.4. The Morgan fingerprint density at radius 3 is 0.981 bits per heavy atom. The van der Waals surface area contributed by atoms with Crippen LogP contribution in [0.5, 0.6) is 0 Å². The first-order chi connectivity index (χ1) is 24.9. The minimum absolute atomic E-state index is 0.0369. The summed E-state index contributed by atoms with van der Waals surface area (Å²) in [4.78, 5) is 1.01. The van der Waals surface area contributed by atoms with Gasteiger partial charge in [-0.1, -0.05) is 181 Å². The van der Waals surface area contributed by atoms with Crippen LogP contribution in [-0.4, -0.2) is 0 Å². The molecular weight excluding hydrogens is 685 g/mol. The Balaban J connectivity index is 0.000000175. The van der Waals surface area contributed by atoms with Gasteiger partial charge in [-0.25, -0.2) is 0 Å². The Bertz CT molecular complexity index is 1770. The van der Waals surface area contributed by atoms with E-state index in [0.29, 0.717) is 0 Å². The molecule has 6 aromatic carbocycles. The summed E-state index contributed by atoms with van der Waals surface area (Å²) in [6, 6.07) is 52.3. The Morgan fingerprint density at radius 2 is 0.654 bits per heavy atom. The van der Waals surface area contributed by atoms with Crippen LogP contribution in [0.2, 0.25) is 0 Å². The van der Waals surface area contributed by atoms with E-state index in [2.05, 4.69) is 220 Å². The first-order valence-corrected chi connectivity index (χ1v) is 20.1. The normalized spacial score (nSPS) is 11.2. The van der Waals surface area contributed by atoms with Crippen molar-refractivity contribution in [3.05, 3.63) is 196 Å². The summed E-state index contributed by atoms with van der Waals surface area (Å²) < 4.78 is 0. The summed E-state index contributed by atoms with van der Waals surface area (Å²) in [7, 11) is 0. The Labute approximate surface area is 331 Å². The van der Waals surface area contributed by atoms with Gasteiger partial charge in [0.25, 0.3) is 0 Å². The zero-order chi connectivity index (χ0) is 37.7. The van der Waals surface area contributed by atoms with Crippen molar-refractivity contribution in [1.29, 1.82) is 0 Å². The third-order valence-corrected chi connectivity index (χ3v) is 11.2. The summed E-state index contributed by atoms with van der Waals surface area (Å²) in [5, 5.41) is 0. The van der Waals surface area contributed by atoms with Gasteiger partial charge in [0.2, 0.25) is 0 Å². The fraction of sp³-hybridized carbons (Fsp3) is 0.265. The van der Waals surface area contributed by atoms with Crippen molar-refractivity contribution >= 4 is 37.9 Å². The molecular formula is C49H56S3. The summed E-state index contributed by atoms with van der Waals surface area (Å²) >= 11 is 12.9. The van der Waals surface area contributed by atoms with Crippen molar-refractivity contribution in [3.63, 3.8) is 0 Å². The van der Waals surface area contributed by atoms with Crippen molar-refractivity contribution in [1.82, 2.24) is 0 Å². The van der Waals surface area contributed by atoms with E-state index in [1.165, 1.54) is 61.2 Å². The van der Waals surface area contributed by atoms with E-state index in [-0.39, 0.29) is 10.8 Å². The van der Waals surface area contributed by atoms with Gasteiger partial charge in [0, 0.05) is 27.2 Å². The van der Waals surface area contributed by atoms with Crippen LogP contribution in [0.15, 0.2) is 150 Å². The predicted octanol–water partition coefficient (Wildman–Crippen LogP) is 14.0. The minimum Gasteiger partial charge on any atom is -0.175 e. The molecule has 3 heteroatoms. The highest BCUT2D eigenvalue weighted by molar-refractivity contribution is 7.80. The summed E-state index contributed by atoms with van der Waals surface area (Å²) in [6.07, 6.45) is 2.19. The number of thiol groups is 3. The highest BCUT2D eigenvalue weighted by Gasteiger charge is 2.23. The molecule has 0 N–H and O–H groups in total. The molecule has 0 bridgehead atoms. The zero-order valence-electron chi connectivity index (χ0n) is 32.0. The van der Waals surface area contributed by atoms with Crippen LogP contribution >= 0.6 is 37.9 Å². The van der Waals surface area contributed by atoms with E-state index >= 15 is 0 Å². The first kappa shape index (κ1) is 41.1. The molecule has 6 rings (SSSR count). The molecule has 270 valence electrons. The first-order valence-electron chi connectivity index (χ1n) is 18.4. The maximum atomic E-state index is 4.33. The van der Waals surface area contributed by atoms with E-state index < -0.39 is 0 Å². The Morgan fingerprint density at radius 1 is 0.385 bits per heavy atom. The van der Waals surface area contributed by atoms with Crippen molar-refractivity contribution in [2.75, 3.05) is 0 Å². The maximum absolute atomic E-state index is 4.33. The second kappa shape index (κ2) is 19.4. The van der Waals surface area contributed by atoms with E-state index in [9.17, 15) is 0 Å². The van der Waals surface area contributed by atoms with Crippen LogP contribution in [0.1, 0.15) is 91.6 Å². The number of aryl methyl sites for hydroxylation is 3. The molecule has 0 nitrogen and oxygen atoms in total. The maximum Gasteiger partial charge on any atom is 0.0154 e. The SMILES string of the molecule is CCc1ccc(-c2ccc(CS)cc2)cc1.CCc1ccc(C(C)(C)c2ccc(CS)cc2)cc1.Cc1ccc(C(C)(C)c2ccc(S)cc2)cc1. The van der Waals surface area contributed by atoms with Crippen molar-refractivity contribution in [2.45, 2.75) is 88.5 Å². The number of hydrogen-bond acceptors (Lipinski definition) is 3. The molecule has 0 fully saturated rings. The highest BCUT2D eigenvalue weighted by atomic mass is 32.1. The van der Waals surface area contributed by atoms with Gasteiger partial charge in [0.15, 0.2) is 0 Å². The van der Waals surface area contributed by atoms with Crippen molar-refractivity contribution < 1.29 is 0 Å². The largest absolute Gasteiger partial charge is 0.175 e. The lowest BCUT2D eigenvalue weighted by molar-refractivity contribution is 0.640. The monoisotopic (exact) mass is 740 g/mol. The van der Waals surface area contributed by atoms with Gasteiger partial charge >= 0.3 is 0 Å². The van der Waals surface area contributed by atoms with Crippen molar-refractivity contribution in [2.24, 2.45) is 0 Å². The molecule has 6 aromatic rings. The number of hydrogen-bond donors (Lipinski definition) is 3. The average Bonchev–Trinajstić information content (AvgIpc) is 3.19. The molecule has 0 aromatic heterocycles. The standard InChI is InChI=1S/C18H22S.C16H18S.C15H16S/c1-4-14-5-9-16(10-6-14)18(2,3)17-11-7-15(13-19)8-12-17;1-12-4-6-13(7-5-12)16(2,3)14-8-10-15(17)11-9-14;1-2-12-3-7-14(8-4-12)15-9-5-13(11-16)6-10-15/h5-12,19H,4,13H2,1-3H3;4-11,17H,1-3H3;3-10,16H,2,11H2,1H3. The van der Waals surface area contributed by atoms with Gasteiger partial charge in [-0.3, -0.25) is 0 Å². The quantitative estimate of drug-likeness (QED) is 0.121. The van der Waals surface area contributed by atoms with Gasteiger partial charge in [-0.05, 0) is 87.5 Å². The fourth-order valence-electron chi connectivity index (χ4n) is 6.10. The molecule has 0 aliphatic carbocycles.